The van der Waals surface area contributed by atoms with Crippen LogP contribution in [0, 0.1) is 12.7 Å². The minimum absolute atomic E-state index is 0.0651. The molecular weight excluding hydrogens is 457 g/mol. The Morgan fingerprint density at radius 3 is 2.50 bits per heavy atom. The molecule has 0 spiro atoms. The van der Waals surface area contributed by atoms with Crippen molar-refractivity contribution >= 4 is 27.4 Å². The van der Waals surface area contributed by atoms with E-state index >= 15 is 0 Å². The summed E-state index contributed by atoms with van der Waals surface area (Å²) in [7, 11) is -2.44. The van der Waals surface area contributed by atoms with Crippen molar-refractivity contribution < 1.29 is 22.3 Å². The van der Waals surface area contributed by atoms with Gasteiger partial charge in [0.1, 0.15) is 11.6 Å². The first-order chi connectivity index (χ1) is 16.3. The predicted octanol–water partition coefficient (Wildman–Crippen LogP) is 4.78. The van der Waals surface area contributed by atoms with E-state index in [1.54, 1.807) is 28.0 Å². The summed E-state index contributed by atoms with van der Waals surface area (Å²) in [5.74, 6) is -0.0694. The Kier molecular flexibility index (Phi) is 6.74. The molecule has 0 bridgehead atoms. The summed E-state index contributed by atoms with van der Waals surface area (Å²) < 4.78 is 46.7. The van der Waals surface area contributed by atoms with Crippen LogP contribution < -0.4 is 14.4 Å². The van der Waals surface area contributed by atoms with E-state index in [9.17, 15) is 17.6 Å². The van der Waals surface area contributed by atoms with Crippen LogP contribution in [0.3, 0.4) is 0 Å². The average molecular weight is 484 g/mol. The monoisotopic (exact) mass is 483 g/mol. The number of nitrogens with one attached hydrogen (secondary N) is 1. The third-order valence-corrected chi connectivity index (χ3v) is 7.01. The van der Waals surface area contributed by atoms with E-state index < -0.39 is 15.8 Å². The van der Waals surface area contributed by atoms with Gasteiger partial charge in [0.25, 0.3) is 10.0 Å². The highest BCUT2D eigenvalue weighted by molar-refractivity contribution is 7.92. The smallest absolute Gasteiger partial charge is 0.324 e. The Balaban J connectivity index is 1.59. The number of hydrogen-bond acceptors (Lipinski definition) is 4. The number of urea groups is 1. The molecule has 1 aliphatic rings. The molecule has 0 aliphatic carbocycles. The number of sulfonamides is 1. The topological polar surface area (TPSA) is 79.0 Å². The van der Waals surface area contributed by atoms with Crippen LogP contribution in [-0.2, 0) is 16.6 Å². The standard InChI is InChI=1S/C25H26FN3O4S/c1-18-5-3-6-19(15-18)17-28-13-4-14-29(25(28)30)23-16-21(9-12-24(23)33-2)27-34(31,32)22-10-7-20(26)8-11-22/h3,5-12,15-16,27H,4,13-14,17H2,1-2H3. The average Bonchev–Trinajstić information content (AvgIpc) is 2.80. The minimum atomic E-state index is -3.94. The second-order valence-corrected chi connectivity index (χ2v) is 9.83. The predicted molar refractivity (Wildman–Crippen MR) is 129 cm³/mol. The third-order valence-electron chi connectivity index (χ3n) is 5.61. The second kappa shape index (κ2) is 9.72. The van der Waals surface area contributed by atoms with E-state index in [1.807, 2.05) is 25.1 Å². The van der Waals surface area contributed by atoms with Gasteiger partial charge in [-0.2, -0.15) is 0 Å². The molecule has 178 valence electrons. The molecule has 1 fully saturated rings. The summed E-state index contributed by atoms with van der Waals surface area (Å²) >= 11 is 0. The number of hydrogen-bond donors (Lipinski definition) is 1. The zero-order chi connectivity index (χ0) is 24.3. The summed E-state index contributed by atoms with van der Waals surface area (Å²) in [5, 5.41) is 0. The zero-order valence-corrected chi connectivity index (χ0v) is 19.8. The van der Waals surface area contributed by atoms with Crippen LogP contribution in [-0.4, -0.2) is 39.5 Å². The molecule has 1 N–H and O–H groups in total. The van der Waals surface area contributed by atoms with Crippen LogP contribution in [0.5, 0.6) is 5.75 Å². The van der Waals surface area contributed by atoms with Gasteiger partial charge in [0, 0.05) is 19.6 Å². The van der Waals surface area contributed by atoms with Crippen LogP contribution in [0.1, 0.15) is 17.5 Å². The van der Waals surface area contributed by atoms with Crippen LogP contribution in [0.2, 0.25) is 0 Å². The lowest BCUT2D eigenvalue weighted by Crippen LogP contribution is -2.49. The summed E-state index contributed by atoms with van der Waals surface area (Å²) in [6, 6.07) is 17.2. The van der Waals surface area contributed by atoms with E-state index in [-0.39, 0.29) is 16.6 Å². The van der Waals surface area contributed by atoms with Crippen molar-refractivity contribution in [3.63, 3.8) is 0 Å². The molecule has 0 saturated carbocycles. The first kappa shape index (κ1) is 23.6. The number of aryl methyl sites for hydroxylation is 1. The molecule has 3 aromatic rings. The summed E-state index contributed by atoms with van der Waals surface area (Å²) in [5.41, 5.74) is 2.91. The summed E-state index contributed by atoms with van der Waals surface area (Å²) in [6.45, 7) is 3.60. The fourth-order valence-corrected chi connectivity index (χ4v) is 5.02. The van der Waals surface area contributed by atoms with E-state index in [2.05, 4.69) is 10.8 Å². The number of benzene rings is 3. The van der Waals surface area contributed by atoms with Crippen molar-refractivity contribution in [2.75, 3.05) is 29.8 Å². The van der Waals surface area contributed by atoms with E-state index in [0.717, 1.165) is 29.7 Å². The molecule has 1 saturated heterocycles. The lowest BCUT2D eigenvalue weighted by atomic mass is 10.1. The first-order valence-corrected chi connectivity index (χ1v) is 12.3. The zero-order valence-electron chi connectivity index (χ0n) is 19.0. The number of ether oxygens (including phenoxy) is 1. The number of amides is 2. The number of carbonyl (C=O) groups is 1. The van der Waals surface area contributed by atoms with E-state index in [1.165, 1.54) is 19.2 Å². The molecule has 34 heavy (non-hydrogen) atoms. The highest BCUT2D eigenvalue weighted by Gasteiger charge is 2.29. The molecule has 0 unspecified atom stereocenters. The molecule has 1 heterocycles. The van der Waals surface area contributed by atoms with Crippen LogP contribution in [0.4, 0.5) is 20.6 Å². The number of anilines is 2. The van der Waals surface area contributed by atoms with Crippen LogP contribution in [0.15, 0.2) is 71.6 Å². The molecule has 0 aromatic heterocycles. The molecule has 3 aromatic carbocycles. The van der Waals surface area contributed by atoms with Gasteiger partial charge in [0.2, 0.25) is 0 Å². The van der Waals surface area contributed by atoms with Gasteiger partial charge in [-0.25, -0.2) is 17.6 Å². The molecule has 9 heteroatoms. The number of carbonyl (C=O) groups excluding carboxylic acids is 1. The fourth-order valence-electron chi connectivity index (χ4n) is 3.97. The third kappa shape index (κ3) is 5.14. The van der Waals surface area contributed by atoms with E-state index in [0.29, 0.717) is 31.1 Å². The number of methoxy groups -OCH3 is 1. The highest BCUT2D eigenvalue weighted by atomic mass is 32.2. The first-order valence-electron chi connectivity index (χ1n) is 10.9. The van der Waals surface area contributed by atoms with Crippen LogP contribution >= 0.6 is 0 Å². The van der Waals surface area contributed by atoms with Crippen LogP contribution in [0.25, 0.3) is 0 Å². The molecule has 7 nitrogen and oxygen atoms in total. The quantitative estimate of drug-likeness (QED) is 0.525. The largest absolute Gasteiger partial charge is 0.495 e. The van der Waals surface area contributed by atoms with E-state index in [4.69, 9.17) is 4.74 Å². The van der Waals surface area contributed by atoms with Gasteiger partial charge in [0.15, 0.2) is 0 Å². The van der Waals surface area contributed by atoms with Gasteiger partial charge in [-0.3, -0.25) is 9.62 Å². The van der Waals surface area contributed by atoms with Crippen molar-refractivity contribution in [3.8, 4) is 5.75 Å². The number of rotatable bonds is 7. The minimum Gasteiger partial charge on any atom is -0.495 e. The lowest BCUT2D eigenvalue weighted by molar-refractivity contribution is 0.192. The van der Waals surface area contributed by atoms with Gasteiger partial charge in [0.05, 0.1) is 23.4 Å². The van der Waals surface area contributed by atoms with Gasteiger partial charge < -0.3 is 9.64 Å². The Morgan fingerprint density at radius 1 is 1.03 bits per heavy atom. The maximum absolute atomic E-state index is 13.4. The maximum atomic E-state index is 13.4. The molecule has 0 radical (unpaired) electrons. The van der Waals surface area contributed by atoms with Crippen molar-refractivity contribution in [1.29, 1.82) is 0 Å². The van der Waals surface area contributed by atoms with Crippen molar-refractivity contribution in [1.82, 2.24) is 4.90 Å². The van der Waals surface area contributed by atoms with Gasteiger partial charge in [-0.15, -0.1) is 0 Å². The molecule has 2 amide bonds. The summed E-state index contributed by atoms with van der Waals surface area (Å²) in [4.78, 5) is 16.7. The SMILES string of the molecule is COc1ccc(NS(=O)(=O)c2ccc(F)cc2)cc1N1CCCN(Cc2cccc(C)c2)C1=O. The van der Waals surface area contributed by atoms with Crippen molar-refractivity contribution in [2.45, 2.75) is 24.8 Å². The Bertz CT molecular complexity index is 1300. The van der Waals surface area contributed by atoms with Gasteiger partial charge in [-0.05, 0) is 61.4 Å². The number of nitrogens with zero attached hydrogens (tertiary/aromatic N) is 2. The van der Waals surface area contributed by atoms with Crippen molar-refractivity contribution in [3.05, 3.63) is 83.7 Å². The lowest BCUT2D eigenvalue weighted by Gasteiger charge is -2.36. The Hall–Kier alpha value is -3.59. The normalized spacial score (nSPS) is 14.3. The molecule has 4 rings (SSSR count). The Morgan fingerprint density at radius 2 is 1.79 bits per heavy atom. The number of halogens is 1. The molecule has 1 aliphatic heterocycles. The van der Waals surface area contributed by atoms with Gasteiger partial charge in [-0.1, -0.05) is 29.8 Å². The maximum Gasteiger partial charge on any atom is 0.324 e. The Labute approximate surface area is 198 Å². The van der Waals surface area contributed by atoms with Crippen molar-refractivity contribution in [2.24, 2.45) is 0 Å². The molecule has 0 atom stereocenters. The molecular formula is C25H26FN3O4S. The summed E-state index contributed by atoms with van der Waals surface area (Å²) in [6.07, 6.45) is 0.756. The fraction of sp³-hybridized carbons (Fsp3) is 0.240. The van der Waals surface area contributed by atoms with Gasteiger partial charge >= 0.3 is 6.03 Å². The highest BCUT2D eigenvalue weighted by Crippen LogP contribution is 2.34. The second-order valence-electron chi connectivity index (χ2n) is 8.14.